The molecular formula is C15H20N2O5. The Morgan fingerprint density at radius 2 is 1.68 bits per heavy atom. The number of benzene rings is 1. The van der Waals surface area contributed by atoms with E-state index in [1.165, 1.54) is 11.9 Å². The molecule has 0 aliphatic carbocycles. The number of hydrogen-bond acceptors (Lipinski definition) is 5. The summed E-state index contributed by atoms with van der Waals surface area (Å²) in [5.41, 5.74) is 0.350. The van der Waals surface area contributed by atoms with Gasteiger partial charge in [-0.3, -0.25) is 14.6 Å². The Hall–Kier alpha value is -2.41. The van der Waals surface area contributed by atoms with Crippen LogP contribution in [0.3, 0.4) is 0 Å². The van der Waals surface area contributed by atoms with Gasteiger partial charge < -0.3 is 9.84 Å². The van der Waals surface area contributed by atoms with Crippen LogP contribution < -0.4 is 0 Å². The van der Waals surface area contributed by atoms with Crippen molar-refractivity contribution in [3.05, 3.63) is 35.9 Å². The molecule has 1 aromatic rings. The Labute approximate surface area is 129 Å². The van der Waals surface area contributed by atoms with E-state index in [1.54, 1.807) is 44.4 Å². The summed E-state index contributed by atoms with van der Waals surface area (Å²) in [5, 5.41) is 11.7. The van der Waals surface area contributed by atoms with Crippen LogP contribution in [0.5, 0.6) is 0 Å². The molecule has 22 heavy (non-hydrogen) atoms. The average Bonchev–Trinajstić information content (AvgIpc) is 2.50. The molecule has 0 saturated carbocycles. The molecule has 0 fully saturated rings. The number of amides is 1. The fourth-order valence-electron chi connectivity index (χ4n) is 2.04. The van der Waals surface area contributed by atoms with Gasteiger partial charge in [-0.25, -0.2) is 9.80 Å². The summed E-state index contributed by atoms with van der Waals surface area (Å²) in [5.74, 6) is -3.58. The zero-order valence-corrected chi connectivity index (χ0v) is 13.0. The third-order valence-corrected chi connectivity index (χ3v) is 3.23. The number of nitrogens with zero attached hydrogens (tertiary/aromatic N) is 2. The lowest BCUT2D eigenvalue weighted by Gasteiger charge is -2.36. The molecule has 0 spiro atoms. The van der Waals surface area contributed by atoms with E-state index in [9.17, 15) is 19.5 Å². The maximum atomic E-state index is 12.7. The number of rotatable bonds is 6. The summed E-state index contributed by atoms with van der Waals surface area (Å²) in [4.78, 5) is 36.0. The first kappa shape index (κ1) is 17.6. The van der Waals surface area contributed by atoms with Crippen molar-refractivity contribution in [2.45, 2.75) is 13.0 Å². The molecule has 0 saturated heterocycles. The van der Waals surface area contributed by atoms with E-state index in [4.69, 9.17) is 0 Å². The number of carbonyl (C=O) groups is 3. The highest BCUT2D eigenvalue weighted by molar-refractivity contribution is 5.97. The smallest absolute Gasteiger partial charge is 0.331 e. The highest BCUT2D eigenvalue weighted by Gasteiger charge is 2.40. The van der Waals surface area contributed by atoms with Crippen molar-refractivity contribution in [1.29, 1.82) is 0 Å². The summed E-state index contributed by atoms with van der Waals surface area (Å²) in [6, 6.07) is 7.07. The minimum absolute atomic E-state index is 0.350. The van der Waals surface area contributed by atoms with Crippen molar-refractivity contribution >= 4 is 17.8 Å². The SMILES string of the molecule is COC(=O)C(C(C)C(=O)O)N(C(=O)c1ccccc1)N(C)C. The fraction of sp³-hybridized carbons (Fsp3) is 0.400. The molecule has 1 aromatic carbocycles. The second-order valence-corrected chi connectivity index (χ2v) is 4.96. The van der Waals surface area contributed by atoms with Crippen LogP contribution in [0.2, 0.25) is 0 Å². The second kappa shape index (κ2) is 7.56. The van der Waals surface area contributed by atoms with Crippen molar-refractivity contribution in [3.8, 4) is 0 Å². The molecule has 120 valence electrons. The molecule has 2 atom stereocenters. The van der Waals surface area contributed by atoms with Crippen molar-refractivity contribution in [2.75, 3.05) is 21.2 Å². The molecule has 0 radical (unpaired) electrons. The fourth-order valence-corrected chi connectivity index (χ4v) is 2.04. The number of aliphatic carboxylic acids is 1. The van der Waals surface area contributed by atoms with E-state index < -0.39 is 29.8 Å². The number of hydrogen-bond donors (Lipinski definition) is 1. The maximum Gasteiger partial charge on any atom is 0.331 e. The number of methoxy groups -OCH3 is 1. The van der Waals surface area contributed by atoms with Gasteiger partial charge in [-0.1, -0.05) is 18.2 Å². The van der Waals surface area contributed by atoms with Crippen molar-refractivity contribution in [3.63, 3.8) is 0 Å². The summed E-state index contributed by atoms with van der Waals surface area (Å²) < 4.78 is 4.68. The average molecular weight is 308 g/mol. The maximum absolute atomic E-state index is 12.7. The van der Waals surface area contributed by atoms with E-state index in [2.05, 4.69) is 4.74 Å². The van der Waals surface area contributed by atoms with Gasteiger partial charge in [-0.15, -0.1) is 0 Å². The lowest BCUT2D eigenvalue weighted by atomic mass is 10.0. The van der Waals surface area contributed by atoms with E-state index >= 15 is 0 Å². The van der Waals surface area contributed by atoms with E-state index in [-0.39, 0.29) is 0 Å². The van der Waals surface area contributed by atoms with Crippen LogP contribution in [0.4, 0.5) is 0 Å². The van der Waals surface area contributed by atoms with Gasteiger partial charge in [0.05, 0.1) is 13.0 Å². The second-order valence-electron chi connectivity index (χ2n) is 4.96. The zero-order chi connectivity index (χ0) is 16.9. The first-order chi connectivity index (χ1) is 10.3. The number of ether oxygens (including phenoxy) is 1. The number of carboxylic acid groups (broad SMARTS) is 1. The predicted molar refractivity (Wildman–Crippen MR) is 78.9 cm³/mol. The third-order valence-electron chi connectivity index (χ3n) is 3.23. The van der Waals surface area contributed by atoms with Crippen LogP contribution in [0.15, 0.2) is 30.3 Å². The van der Waals surface area contributed by atoms with Crippen LogP contribution >= 0.6 is 0 Å². The molecule has 0 aliphatic heterocycles. The Morgan fingerprint density at radius 1 is 1.14 bits per heavy atom. The van der Waals surface area contributed by atoms with Crippen LogP contribution in [0, 0.1) is 5.92 Å². The molecule has 2 unspecified atom stereocenters. The predicted octanol–water partition coefficient (Wildman–Crippen LogP) is 0.868. The number of esters is 1. The first-order valence-corrected chi connectivity index (χ1v) is 6.67. The van der Waals surface area contributed by atoms with Gasteiger partial charge in [0.15, 0.2) is 6.04 Å². The van der Waals surface area contributed by atoms with Gasteiger partial charge in [0, 0.05) is 19.7 Å². The normalized spacial score (nSPS) is 13.3. The first-order valence-electron chi connectivity index (χ1n) is 6.67. The Bertz CT molecular complexity index is 544. The van der Waals surface area contributed by atoms with Crippen LogP contribution in [0.25, 0.3) is 0 Å². The van der Waals surface area contributed by atoms with Gasteiger partial charge >= 0.3 is 11.9 Å². The molecule has 0 bridgehead atoms. The largest absolute Gasteiger partial charge is 0.481 e. The van der Waals surface area contributed by atoms with Gasteiger partial charge in [0.2, 0.25) is 0 Å². The van der Waals surface area contributed by atoms with Crippen molar-refractivity contribution in [2.24, 2.45) is 5.92 Å². The third kappa shape index (κ3) is 3.82. The van der Waals surface area contributed by atoms with Gasteiger partial charge in [-0.2, -0.15) is 0 Å². The lowest BCUT2D eigenvalue weighted by molar-refractivity contribution is -0.161. The van der Waals surface area contributed by atoms with E-state index in [0.717, 1.165) is 12.1 Å². The highest BCUT2D eigenvalue weighted by atomic mass is 16.5. The summed E-state index contributed by atoms with van der Waals surface area (Å²) >= 11 is 0. The molecule has 1 amide bonds. The molecular weight excluding hydrogens is 288 g/mol. The van der Waals surface area contributed by atoms with Crippen LogP contribution in [-0.2, 0) is 14.3 Å². The Balaban J connectivity index is 3.27. The molecule has 7 heteroatoms. The van der Waals surface area contributed by atoms with Crippen molar-refractivity contribution < 1.29 is 24.2 Å². The van der Waals surface area contributed by atoms with Crippen LogP contribution in [-0.4, -0.2) is 60.2 Å². The van der Waals surface area contributed by atoms with Crippen molar-refractivity contribution in [1.82, 2.24) is 10.0 Å². The number of carboxylic acids is 1. The quantitative estimate of drug-likeness (QED) is 0.620. The summed E-state index contributed by atoms with van der Waals surface area (Å²) in [6.07, 6.45) is 0. The minimum atomic E-state index is -1.26. The highest BCUT2D eigenvalue weighted by Crippen LogP contribution is 2.18. The van der Waals surface area contributed by atoms with Gasteiger partial charge in [0.1, 0.15) is 0 Å². The van der Waals surface area contributed by atoms with E-state index in [1.807, 2.05) is 0 Å². The molecule has 1 N–H and O–H groups in total. The molecule has 0 aliphatic rings. The van der Waals surface area contributed by atoms with E-state index in [0.29, 0.717) is 5.56 Å². The zero-order valence-electron chi connectivity index (χ0n) is 13.0. The summed E-state index contributed by atoms with van der Waals surface area (Å²) in [6.45, 7) is 1.36. The topological polar surface area (TPSA) is 87.1 Å². The van der Waals surface area contributed by atoms with Crippen LogP contribution in [0.1, 0.15) is 17.3 Å². The number of hydrazine groups is 1. The lowest BCUT2D eigenvalue weighted by Crippen LogP contribution is -2.56. The number of carbonyl (C=O) groups excluding carboxylic acids is 2. The minimum Gasteiger partial charge on any atom is -0.481 e. The Kier molecular flexibility index (Phi) is 6.06. The molecule has 7 nitrogen and oxygen atoms in total. The molecule has 1 rings (SSSR count). The Morgan fingerprint density at radius 3 is 2.09 bits per heavy atom. The monoisotopic (exact) mass is 308 g/mol. The molecule has 0 aromatic heterocycles. The molecule has 0 heterocycles. The van der Waals surface area contributed by atoms with Gasteiger partial charge in [0.25, 0.3) is 5.91 Å². The van der Waals surface area contributed by atoms with Gasteiger partial charge in [-0.05, 0) is 19.1 Å². The standard InChI is InChI=1S/C15H20N2O5/c1-10(14(19)20)12(15(21)22-4)17(16(2)3)13(18)11-8-6-5-7-9-11/h5-10,12H,1-4H3,(H,19,20). The summed E-state index contributed by atoms with van der Waals surface area (Å²) in [7, 11) is 4.28.